The average Bonchev–Trinajstić information content (AvgIpc) is 2.84. The number of fused-ring (bicyclic) bond motifs is 1. The number of amides is 1. The van der Waals surface area contributed by atoms with E-state index in [4.69, 9.17) is 10.5 Å². The first kappa shape index (κ1) is 13.9. The van der Waals surface area contributed by atoms with Crippen LogP contribution in [0, 0.1) is 0 Å². The number of para-hydroxylation sites is 2. The van der Waals surface area contributed by atoms with E-state index >= 15 is 0 Å². The summed E-state index contributed by atoms with van der Waals surface area (Å²) in [4.78, 5) is 16.4. The molecule has 0 aliphatic carbocycles. The van der Waals surface area contributed by atoms with Gasteiger partial charge < -0.3 is 20.4 Å². The first-order valence-electron chi connectivity index (χ1n) is 6.82. The molecule has 0 atom stereocenters. The molecule has 0 fully saturated rings. The van der Waals surface area contributed by atoms with Gasteiger partial charge in [0.05, 0.1) is 18.1 Å². The number of hydrogen-bond donors (Lipinski definition) is 2. The predicted octanol–water partition coefficient (Wildman–Crippen LogP) is 2.27. The lowest BCUT2D eigenvalue weighted by Crippen LogP contribution is -2.19. The van der Waals surface area contributed by atoms with Crippen LogP contribution in [0.1, 0.15) is 0 Å². The quantitative estimate of drug-likeness (QED) is 0.773. The minimum atomic E-state index is -0.167. The molecular formula is C16H16N4O2. The molecule has 3 N–H and O–H groups in total. The van der Waals surface area contributed by atoms with E-state index in [2.05, 4.69) is 10.3 Å². The number of ether oxygens (including phenoxy) is 1. The van der Waals surface area contributed by atoms with Crippen molar-refractivity contribution in [3.05, 3.63) is 48.5 Å². The highest BCUT2D eigenvalue weighted by Crippen LogP contribution is 2.18. The zero-order valence-electron chi connectivity index (χ0n) is 12.1. The molecule has 112 valence electrons. The van der Waals surface area contributed by atoms with Crippen LogP contribution < -0.4 is 15.8 Å². The normalized spacial score (nSPS) is 10.6. The molecule has 0 bridgehead atoms. The van der Waals surface area contributed by atoms with Crippen molar-refractivity contribution in [3.63, 3.8) is 0 Å². The van der Waals surface area contributed by atoms with Crippen LogP contribution >= 0.6 is 0 Å². The minimum absolute atomic E-state index is 0.109. The van der Waals surface area contributed by atoms with Crippen LogP contribution in [0.15, 0.2) is 48.5 Å². The summed E-state index contributed by atoms with van der Waals surface area (Å²) in [5.74, 6) is 0.897. The number of carbonyl (C=O) groups is 1. The van der Waals surface area contributed by atoms with Gasteiger partial charge in [-0.05, 0) is 36.4 Å². The number of nitrogens with one attached hydrogen (secondary N) is 1. The second-order valence-corrected chi connectivity index (χ2v) is 4.82. The van der Waals surface area contributed by atoms with Crippen LogP contribution in [0.2, 0.25) is 0 Å². The Morgan fingerprint density at radius 1 is 1.23 bits per heavy atom. The maximum atomic E-state index is 12.2. The molecule has 2 aromatic carbocycles. The molecule has 3 aromatic rings. The van der Waals surface area contributed by atoms with Crippen molar-refractivity contribution in [2.45, 2.75) is 6.54 Å². The fraction of sp³-hybridized carbons (Fsp3) is 0.125. The summed E-state index contributed by atoms with van der Waals surface area (Å²) in [6, 6.07) is 14.7. The molecule has 1 amide bonds. The maximum absolute atomic E-state index is 12.2. The number of anilines is 2. The molecule has 6 heteroatoms. The number of imidazole rings is 1. The summed E-state index contributed by atoms with van der Waals surface area (Å²) < 4.78 is 6.77. The van der Waals surface area contributed by atoms with Gasteiger partial charge in [0.1, 0.15) is 12.3 Å². The third-order valence-corrected chi connectivity index (χ3v) is 3.36. The van der Waals surface area contributed by atoms with Crippen LogP contribution in [-0.4, -0.2) is 22.6 Å². The Morgan fingerprint density at radius 3 is 2.68 bits per heavy atom. The van der Waals surface area contributed by atoms with E-state index in [1.807, 2.05) is 24.3 Å². The van der Waals surface area contributed by atoms with Gasteiger partial charge in [-0.25, -0.2) is 4.98 Å². The van der Waals surface area contributed by atoms with Crippen LogP contribution in [0.4, 0.5) is 11.6 Å². The molecule has 1 aromatic heterocycles. The van der Waals surface area contributed by atoms with Crippen molar-refractivity contribution >= 4 is 28.6 Å². The molecule has 22 heavy (non-hydrogen) atoms. The van der Waals surface area contributed by atoms with Crippen molar-refractivity contribution < 1.29 is 9.53 Å². The fourth-order valence-corrected chi connectivity index (χ4v) is 2.28. The average molecular weight is 296 g/mol. The Morgan fingerprint density at radius 2 is 1.95 bits per heavy atom. The molecule has 0 spiro atoms. The Kier molecular flexibility index (Phi) is 3.65. The van der Waals surface area contributed by atoms with Crippen LogP contribution in [0.25, 0.3) is 11.0 Å². The van der Waals surface area contributed by atoms with E-state index in [0.29, 0.717) is 11.6 Å². The van der Waals surface area contributed by atoms with E-state index in [-0.39, 0.29) is 12.5 Å². The van der Waals surface area contributed by atoms with E-state index < -0.39 is 0 Å². The number of nitrogen functional groups attached to an aromatic ring is 1. The maximum Gasteiger partial charge on any atom is 0.244 e. The van der Waals surface area contributed by atoms with Crippen LogP contribution in [-0.2, 0) is 11.3 Å². The molecule has 3 rings (SSSR count). The van der Waals surface area contributed by atoms with Crippen LogP contribution in [0.3, 0.4) is 0 Å². The number of methoxy groups -OCH3 is 1. The molecule has 0 aliphatic heterocycles. The van der Waals surface area contributed by atoms with Crippen molar-refractivity contribution in [3.8, 4) is 5.75 Å². The molecular weight excluding hydrogens is 280 g/mol. The van der Waals surface area contributed by atoms with Gasteiger partial charge in [-0.2, -0.15) is 0 Å². The molecule has 0 unspecified atom stereocenters. The highest BCUT2D eigenvalue weighted by molar-refractivity contribution is 5.92. The fourth-order valence-electron chi connectivity index (χ4n) is 2.28. The van der Waals surface area contributed by atoms with E-state index in [1.165, 1.54) is 0 Å². The molecule has 0 radical (unpaired) electrons. The first-order chi connectivity index (χ1) is 10.7. The van der Waals surface area contributed by atoms with Crippen molar-refractivity contribution in [1.82, 2.24) is 9.55 Å². The highest BCUT2D eigenvalue weighted by atomic mass is 16.5. The molecule has 0 saturated heterocycles. The topological polar surface area (TPSA) is 82.2 Å². The summed E-state index contributed by atoms with van der Waals surface area (Å²) in [5.41, 5.74) is 8.20. The zero-order chi connectivity index (χ0) is 15.5. The van der Waals surface area contributed by atoms with Crippen LogP contribution in [0.5, 0.6) is 5.75 Å². The van der Waals surface area contributed by atoms with Crippen molar-refractivity contribution in [1.29, 1.82) is 0 Å². The Balaban J connectivity index is 1.76. The smallest absolute Gasteiger partial charge is 0.244 e. The van der Waals surface area contributed by atoms with Gasteiger partial charge in [0.15, 0.2) is 0 Å². The Labute approximate surface area is 127 Å². The lowest BCUT2D eigenvalue weighted by atomic mass is 10.3. The van der Waals surface area contributed by atoms with E-state index in [1.54, 1.807) is 35.9 Å². The summed E-state index contributed by atoms with van der Waals surface area (Å²) >= 11 is 0. The number of nitrogens with two attached hydrogens (primary N) is 1. The van der Waals surface area contributed by atoms with Gasteiger partial charge >= 0.3 is 0 Å². The Bertz CT molecular complexity index is 809. The number of aromatic nitrogens is 2. The number of carbonyl (C=O) groups excluding carboxylic acids is 1. The largest absolute Gasteiger partial charge is 0.497 e. The van der Waals surface area contributed by atoms with Crippen molar-refractivity contribution in [2.75, 3.05) is 18.2 Å². The number of benzene rings is 2. The van der Waals surface area contributed by atoms with Crippen molar-refractivity contribution in [2.24, 2.45) is 0 Å². The van der Waals surface area contributed by atoms with Gasteiger partial charge in [-0.1, -0.05) is 12.1 Å². The number of rotatable bonds is 4. The van der Waals surface area contributed by atoms with Gasteiger partial charge in [0.25, 0.3) is 0 Å². The van der Waals surface area contributed by atoms with E-state index in [9.17, 15) is 4.79 Å². The lowest BCUT2D eigenvalue weighted by Gasteiger charge is -2.08. The van der Waals surface area contributed by atoms with Gasteiger partial charge in [0, 0.05) is 5.69 Å². The SMILES string of the molecule is COc1ccc(NC(=O)Cn2c(N)nc3ccccc32)cc1. The summed E-state index contributed by atoms with van der Waals surface area (Å²) in [6.07, 6.45) is 0. The van der Waals surface area contributed by atoms with E-state index in [0.717, 1.165) is 16.8 Å². The van der Waals surface area contributed by atoms with Gasteiger partial charge in [-0.15, -0.1) is 0 Å². The molecule has 0 aliphatic rings. The third kappa shape index (κ3) is 2.71. The predicted molar refractivity (Wildman–Crippen MR) is 85.8 cm³/mol. The molecule has 0 saturated carbocycles. The number of hydrogen-bond acceptors (Lipinski definition) is 4. The minimum Gasteiger partial charge on any atom is -0.497 e. The number of nitrogens with zero attached hydrogens (tertiary/aromatic N) is 2. The highest BCUT2D eigenvalue weighted by Gasteiger charge is 2.11. The summed E-state index contributed by atoms with van der Waals surface area (Å²) in [7, 11) is 1.60. The first-order valence-corrected chi connectivity index (χ1v) is 6.82. The second-order valence-electron chi connectivity index (χ2n) is 4.82. The molecule has 6 nitrogen and oxygen atoms in total. The second kappa shape index (κ2) is 5.77. The van der Waals surface area contributed by atoms with Gasteiger partial charge in [0.2, 0.25) is 11.9 Å². The lowest BCUT2D eigenvalue weighted by molar-refractivity contribution is -0.116. The standard InChI is InChI=1S/C16H16N4O2/c1-22-12-8-6-11(7-9-12)18-15(21)10-20-14-5-3-2-4-13(14)19-16(20)17/h2-9H,10H2,1H3,(H2,17,19)(H,18,21). The summed E-state index contributed by atoms with van der Waals surface area (Å²) in [6.45, 7) is 0.109. The third-order valence-electron chi connectivity index (χ3n) is 3.36. The Hall–Kier alpha value is -3.02. The monoisotopic (exact) mass is 296 g/mol. The summed E-state index contributed by atoms with van der Waals surface area (Å²) in [5, 5.41) is 2.82. The van der Waals surface area contributed by atoms with Gasteiger partial charge in [-0.3, -0.25) is 4.79 Å². The molecule has 1 heterocycles. The zero-order valence-corrected chi connectivity index (χ0v) is 12.1.